The molecule has 0 fully saturated rings. The third kappa shape index (κ3) is 2.47. The van der Waals surface area contributed by atoms with E-state index < -0.39 is 0 Å². The zero-order valence-corrected chi connectivity index (χ0v) is 14.9. The minimum absolute atomic E-state index is 0.189. The van der Waals surface area contributed by atoms with Crippen LogP contribution in [0.25, 0.3) is 16.7 Å². The summed E-state index contributed by atoms with van der Waals surface area (Å²) in [7, 11) is 0. The second-order valence-electron chi connectivity index (χ2n) is 6.35. The summed E-state index contributed by atoms with van der Waals surface area (Å²) in [4.78, 5) is 13.2. The van der Waals surface area contributed by atoms with Crippen molar-refractivity contribution in [3.8, 4) is 5.69 Å². The van der Waals surface area contributed by atoms with Gasteiger partial charge >= 0.3 is 5.56 Å². The maximum Gasteiger partial charge on any atom is 0.324 e. The summed E-state index contributed by atoms with van der Waals surface area (Å²) in [5.74, 6) is -0.189. The molecule has 0 N–H and O–H groups in total. The first-order valence-electron chi connectivity index (χ1n) is 7.87. The summed E-state index contributed by atoms with van der Waals surface area (Å²) in [5, 5.41) is 13.2. The summed E-state index contributed by atoms with van der Waals surface area (Å²) in [5.41, 5.74) is 3.63. The molecule has 2 aromatic carbocycles. The molecule has 0 saturated carbocycles. The van der Waals surface area contributed by atoms with Crippen LogP contribution in [-0.2, 0) is 0 Å². The molecule has 0 radical (unpaired) electrons. The van der Waals surface area contributed by atoms with Crippen LogP contribution in [0.1, 0.15) is 36.6 Å². The van der Waals surface area contributed by atoms with E-state index >= 15 is 0 Å². The lowest BCUT2D eigenvalue weighted by molar-refractivity contribution is -0.588. The van der Waals surface area contributed by atoms with Crippen LogP contribution in [0.4, 0.5) is 0 Å². The van der Waals surface area contributed by atoms with E-state index in [9.17, 15) is 10.0 Å². The van der Waals surface area contributed by atoms with E-state index in [0.29, 0.717) is 16.1 Å². The number of halogens is 1. The largest absolute Gasteiger partial charge is 0.618 e. The second-order valence-corrected chi connectivity index (χ2v) is 6.78. The monoisotopic (exact) mass is 342 g/mol. The lowest BCUT2D eigenvalue weighted by Gasteiger charge is -2.18. The van der Waals surface area contributed by atoms with Gasteiger partial charge in [0.15, 0.2) is 0 Å². The van der Waals surface area contributed by atoms with Gasteiger partial charge in [-0.2, -0.15) is 4.73 Å². The number of benzene rings is 2. The molecule has 3 rings (SSSR count). The summed E-state index contributed by atoms with van der Waals surface area (Å²) in [6.45, 7) is 7.61. The molecule has 5 heteroatoms. The minimum Gasteiger partial charge on any atom is -0.618 e. The Kier molecular flexibility index (Phi) is 4.10. The van der Waals surface area contributed by atoms with Gasteiger partial charge in [-0.15, -0.1) is 0 Å². The van der Waals surface area contributed by atoms with Crippen LogP contribution in [0.5, 0.6) is 0 Å². The van der Waals surface area contributed by atoms with Crippen molar-refractivity contribution >= 4 is 22.6 Å². The normalized spacial score (nSPS) is 11.4. The highest BCUT2D eigenvalue weighted by molar-refractivity contribution is 6.31. The number of aromatic nitrogens is 2. The Morgan fingerprint density at radius 2 is 1.75 bits per heavy atom. The van der Waals surface area contributed by atoms with Crippen LogP contribution in [0.3, 0.4) is 0 Å². The van der Waals surface area contributed by atoms with Crippen LogP contribution in [0, 0.1) is 19.1 Å². The molecule has 1 aromatic heterocycles. The first kappa shape index (κ1) is 16.5. The first-order valence-corrected chi connectivity index (χ1v) is 8.25. The molecule has 0 aliphatic rings. The quantitative estimate of drug-likeness (QED) is 0.521. The molecule has 0 atom stereocenters. The van der Waals surface area contributed by atoms with Crippen molar-refractivity contribution in [3.63, 3.8) is 0 Å². The standard InChI is InChI=1S/C19H19ClN2O2/c1-11(2)17-19(23)21(18-12(3)6-5-7-13(18)4)16-10-14(20)8-9-15(16)22(17)24/h5-11H,1-4H3. The molecule has 0 amide bonds. The molecule has 0 aliphatic carbocycles. The third-order valence-electron chi connectivity index (χ3n) is 4.25. The summed E-state index contributed by atoms with van der Waals surface area (Å²) >= 11 is 6.14. The number of rotatable bonds is 2. The molecule has 0 spiro atoms. The first-order chi connectivity index (χ1) is 11.3. The van der Waals surface area contributed by atoms with Gasteiger partial charge in [0.1, 0.15) is 5.52 Å². The van der Waals surface area contributed by atoms with Crippen LogP contribution in [0.2, 0.25) is 5.02 Å². The molecule has 3 aromatic rings. The van der Waals surface area contributed by atoms with Crippen molar-refractivity contribution in [1.29, 1.82) is 0 Å². The Labute approximate surface area is 145 Å². The van der Waals surface area contributed by atoms with Gasteiger partial charge in [-0.3, -0.25) is 9.36 Å². The number of hydrogen-bond acceptors (Lipinski definition) is 2. The van der Waals surface area contributed by atoms with Crippen LogP contribution >= 0.6 is 11.6 Å². The van der Waals surface area contributed by atoms with Crippen molar-refractivity contribution in [2.45, 2.75) is 33.6 Å². The van der Waals surface area contributed by atoms with Crippen LogP contribution in [0.15, 0.2) is 41.2 Å². The van der Waals surface area contributed by atoms with Gasteiger partial charge < -0.3 is 5.21 Å². The zero-order valence-electron chi connectivity index (χ0n) is 14.1. The lowest BCUT2D eigenvalue weighted by atomic mass is 10.1. The van der Waals surface area contributed by atoms with E-state index in [1.807, 2.05) is 45.9 Å². The SMILES string of the molecule is Cc1cccc(C)c1-n1c(=O)c(C(C)C)[n+]([O-])c2ccc(Cl)cc21. The van der Waals surface area contributed by atoms with Crippen molar-refractivity contribution in [3.05, 3.63) is 73.8 Å². The molecule has 124 valence electrons. The van der Waals surface area contributed by atoms with E-state index in [1.165, 1.54) is 0 Å². The fourth-order valence-electron chi connectivity index (χ4n) is 3.15. The highest BCUT2D eigenvalue weighted by Gasteiger charge is 2.25. The molecule has 4 nitrogen and oxygen atoms in total. The van der Waals surface area contributed by atoms with Crippen LogP contribution in [-0.4, -0.2) is 4.57 Å². The fraction of sp³-hybridized carbons (Fsp3) is 0.263. The van der Waals surface area contributed by atoms with Crippen molar-refractivity contribution < 1.29 is 4.73 Å². The fourth-order valence-corrected chi connectivity index (χ4v) is 3.32. The Hall–Kier alpha value is -2.33. The zero-order chi connectivity index (χ0) is 17.6. The number of aryl methyl sites for hydroxylation is 2. The van der Waals surface area contributed by atoms with Gasteiger partial charge in [-0.1, -0.05) is 43.6 Å². The highest BCUT2D eigenvalue weighted by Crippen LogP contribution is 2.24. The number of nitrogens with zero attached hydrogens (tertiary/aromatic N) is 2. The molecular formula is C19H19ClN2O2. The molecular weight excluding hydrogens is 324 g/mol. The van der Waals surface area contributed by atoms with E-state index in [1.54, 1.807) is 22.8 Å². The maximum absolute atomic E-state index is 13.2. The third-order valence-corrected chi connectivity index (χ3v) is 4.48. The predicted octanol–water partition coefficient (Wildman–Crippen LogP) is 4.02. The van der Waals surface area contributed by atoms with Crippen LogP contribution < -0.4 is 10.3 Å². The number of para-hydroxylation sites is 1. The van der Waals surface area contributed by atoms with E-state index in [0.717, 1.165) is 21.5 Å². The number of fused-ring (bicyclic) bond motifs is 1. The van der Waals surface area contributed by atoms with Gasteiger partial charge in [-0.05, 0) is 37.1 Å². The van der Waals surface area contributed by atoms with Crippen molar-refractivity contribution in [1.82, 2.24) is 4.57 Å². The minimum atomic E-state index is -0.299. The van der Waals surface area contributed by atoms with E-state index in [-0.39, 0.29) is 17.2 Å². The molecule has 24 heavy (non-hydrogen) atoms. The van der Waals surface area contributed by atoms with Crippen molar-refractivity contribution in [2.24, 2.45) is 0 Å². The molecule has 0 saturated heterocycles. The smallest absolute Gasteiger partial charge is 0.324 e. The van der Waals surface area contributed by atoms with Gasteiger partial charge in [0.25, 0.3) is 5.69 Å². The topological polar surface area (TPSA) is 48.9 Å². The molecule has 0 bridgehead atoms. The van der Waals surface area contributed by atoms with Crippen molar-refractivity contribution in [2.75, 3.05) is 0 Å². The van der Waals surface area contributed by atoms with Gasteiger partial charge in [0.05, 0.1) is 5.69 Å². The number of hydrogen-bond donors (Lipinski definition) is 0. The highest BCUT2D eigenvalue weighted by atomic mass is 35.5. The Morgan fingerprint density at radius 3 is 2.33 bits per heavy atom. The summed E-state index contributed by atoms with van der Waals surface area (Å²) < 4.78 is 2.36. The second kappa shape index (κ2) is 5.95. The maximum atomic E-state index is 13.2. The lowest BCUT2D eigenvalue weighted by Crippen LogP contribution is -2.44. The van der Waals surface area contributed by atoms with Gasteiger partial charge in [-0.25, -0.2) is 0 Å². The Balaban J connectivity index is 2.60. The Morgan fingerprint density at radius 1 is 1.12 bits per heavy atom. The van der Waals surface area contributed by atoms with E-state index in [2.05, 4.69) is 0 Å². The average molecular weight is 343 g/mol. The molecule has 0 unspecified atom stereocenters. The predicted molar refractivity (Wildman–Crippen MR) is 97.1 cm³/mol. The summed E-state index contributed by atoms with van der Waals surface area (Å²) in [6, 6.07) is 10.9. The summed E-state index contributed by atoms with van der Waals surface area (Å²) in [6.07, 6.45) is 0. The van der Waals surface area contributed by atoms with E-state index in [4.69, 9.17) is 11.6 Å². The molecule has 1 heterocycles. The Bertz CT molecular complexity index is 986. The van der Waals surface area contributed by atoms with Gasteiger partial charge in [0, 0.05) is 17.0 Å². The molecule has 0 aliphatic heterocycles. The van der Waals surface area contributed by atoms with Gasteiger partial charge in [0.2, 0.25) is 5.52 Å². The average Bonchev–Trinajstić information content (AvgIpc) is 2.49.